The molecular weight excluding hydrogens is 266 g/mol. The van der Waals surface area contributed by atoms with E-state index >= 15 is 0 Å². The van der Waals surface area contributed by atoms with Crippen LogP contribution in [0.2, 0.25) is 0 Å². The van der Waals surface area contributed by atoms with E-state index in [9.17, 15) is 15.3 Å². The fraction of sp³-hybridized carbons (Fsp3) is 0.529. The lowest BCUT2D eigenvalue weighted by Crippen LogP contribution is -2.40. The van der Waals surface area contributed by atoms with Gasteiger partial charge in [-0.15, -0.1) is 0 Å². The van der Waals surface area contributed by atoms with Crippen molar-refractivity contribution < 1.29 is 15.3 Å². The summed E-state index contributed by atoms with van der Waals surface area (Å²) in [5, 5.41) is 31.0. The third kappa shape index (κ3) is 2.54. The summed E-state index contributed by atoms with van der Waals surface area (Å²) in [4.78, 5) is 1.87. The lowest BCUT2D eigenvalue weighted by atomic mass is 9.94. The van der Waals surface area contributed by atoms with Crippen molar-refractivity contribution in [3.05, 3.63) is 47.4 Å². The molecule has 0 bridgehead atoms. The number of allylic oxidation sites excluding steroid dienone is 4. The van der Waals surface area contributed by atoms with Crippen LogP contribution in [0, 0.1) is 5.92 Å². The Balaban J connectivity index is 1.89. The van der Waals surface area contributed by atoms with Gasteiger partial charge in [0.15, 0.2) is 0 Å². The van der Waals surface area contributed by atoms with Crippen molar-refractivity contribution in [2.45, 2.75) is 44.4 Å². The Labute approximate surface area is 125 Å². The fourth-order valence-electron chi connectivity index (χ4n) is 3.14. The van der Waals surface area contributed by atoms with Gasteiger partial charge in [-0.1, -0.05) is 29.9 Å². The van der Waals surface area contributed by atoms with Crippen LogP contribution in [-0.4, -0.2) is 44.5 Å². The van der Waals surface area contributed by atoms with Gasteiger partial charge in [0.25, 0.3) is 0 Å². The van der Waals surface area contributed by atoms with Crippen LogP contribution in [0.4, 0.5) is 0 Å². The first-order valence-electron chi connectivity index (χ1n) is 7.55. The molecule has 0 aromatic rings. The molecule has 4 nitrogen and oxygen atoms in total. The third-order valence-electron chi connectivity index (χ3n) is 4.53. The molecule has 2 fully saturated rings. The first kappa shape index (κ1) is 14.4. The number of aliphatic hydroxyl groups excluding tert-OH is 2. The molecule has 0 unspecified atom stereocenters. The molecule has 1 aliphatic carbocycles. The lowest BCUT2D eigenvalue weighted by molar-refractivity contribution is -0.0195. The third-order valence-corrected chi connectivity index (χ3v) is 4.53. The molecule has 3 atom stereocenters. The van der Waals surface area contributed by atoms with Gasteiger partial charge in [-0.05, 0) is 38.7 Å². The minimum atomic E-state index is -1.43. The highest BCUT2D eigenvalue weighted by atomic mass is 16.3. The first-order valence-corrected chi connectivity index (χ1v) is 7.55. The zero-order valence-corrected chi connectivity index (χ0v) is 12.5. The zero-order chi connectivity index (χ0) is 15.2. The van der Waals surface area contributed by atoms with Crippen molar-refractivity contribution in [1.82, 2.24) is 4.90 Å². The van der Waals surface area contributed by atoms with Gasteiger partial charge in [0, 0.05) is 6.54 Å². The molecule has 0 spiro atoms. The Hall–Kier alpha value is -1.52. The topological polar surface area (TPSA) is 63.9 Å². The molecule has 2 aliphatic heterocycles. The summed E-state index contributed by atoms with van der Waals surface area (Å²) in [5.74, 6) is 0.745. The van der Waals surface area contributed by atoms with Crippen LogP contribution in [0.3, 0.4) is 0 Å². The van der Waals surface area contributed by atoms with Crippen molar-refractivity contribution in [2.24, 2.45) is 5.92 Å². The van der Waals surface area contributed by atoms with Gasteiger partial charge in [0.2, 0.25) is 0 Å². The molecule has 3 rings (SSSR count). The molecular formula is C17H23NO3. The van der Waals surface area contributed by atoms with E-state index in [1.165, 1.54) is 12.8 Å². The molecule has 0 radical (unpaired) electrons. The van der Waals surface area contributed by atoms with Crippen LogP contribution in [0.15, 0.2) is 47.4 Å². The highest BCUT2D eigenvalue weighted by Gasteiger charge is 2.52. The van der Waals surface area contributed by atoms with E-state index in [0.29, 0.717) is 18.2 Å². The maximum Gasteiger partial charge on any atom is 0.137 e. The molecule has 0 amide bonds. The summed E-state index contributed by atoms with van der Waals surface area (Å²) < 4.78 is 0. The summed E-state index contributed by atoms with van der Waals surface area (Å²) in [6, 6.07) is -0.328. The number of fused-ring (bicyclic) bond motifs is 1. The van der Waals surface area contributed by atoms with Crippen molar-refractivity contribution >= 4 is 0 Å². The van der Waals surface area contributed by atoms with E-state index < -0.39 is 11.7 Å². The second-order valence-corrected chi connectivity index (χ2v) is 6.48. The van der Waals surface area contributed by atoms with E-state index in [-0.39, 0.29) is 11.8 Å². The first-order chi connectivity index (χ1) is 9.91. The van der Waals surface area contributed by atoms with Crippen LogP contribution in [-0.2, 0) is 0 Å². The highest BCUT2D eigenvalue weighted by molar-refractivity contribution is 5.39. The molecule has 0 aromatic heterocycles. The van der Waals surface area contributed by atoms with E-state index in [0.717, 1.165) is 5.57 Å². The monoisotopic (exact) mass is 289 g/mol. The van der Waals surface area contributed by atoms with Crippen LogP contribution >= 0.6 is 0 Å². The molecule has 1 saturated carbocycles. The second kappa shape index (κ2) is 5.04. The van der Waals surface area contributed by atoms with Crippen molar-refractivity contribution in [3.8, 4) is 0 Å². The fourth-order valence-corrected chi connectivity index (χ4v) is 3.14. The zero-order valence-electron chi connectivity index (χ0n) is 12.5. The Morgan fingerprint density at radius 3 is 2.81 bits per heavy atom. The molecule has 2 heterocycles. The SMILES string of the molecule is CC(/C=C/C1CC1)=C\[C@H]1[C@H](O)[C@@](C)(O)C2=C(O)C=CCN21. The number of rotatable bonds is 3. The Morgan fingerprint density at radius 1 is 1.43 bits per heavy atom. The van der Waals surface area contributed by atoms with Gasteiger partial charge >= 0.3 is 0 Å². The normalized spacial score (nSPS) is 36.8. The van der Waals surface area contributed by atoms with Crippen LogP contribution in [0.1, 0.15) is 26.7 Å². The summed E-state index contributed by atoms with van der Waals surface area (Å²) >= 11 is 0. The molecule has 114 valence electrons. The van der Waals surface area contributed by atoms with Crippen molar-refractivity contribution in [1.29, 1.82) is 0 Å². The van der Waals surface area contributed by atoms with E-state index in [2.05, 4.69) is 12.2 Å². The van der Waals surface area contributed by atoms with Gasteiger partial charge in [-0.2, -0.15) is 0 Å². The van der Waals surface area contributed by atoms with Crippen molar-refractivity contribution in [2.75, 3.05) is 6.54 Å². The van der Waals surface area contributed by atoms with Crippen molar-refractivity contribution in [3.63, 3.8) is 0 Å². The smallest absolute Gasteiger partial charge is 0.137 e. The standard InChI is InChI=1S/C17H23NO3/c1-11(5-6-12-7-8-12)10-13-16(20)17(2,21)15-14(19)4-3-9-18(13)15/h3-6,10,12-13,16,19-21H,7-9H2,1-2H3/b6-5+,11-10+/t13-,16-,17-/m0/s1. The van der Waals surface area contributed by atoms with Gasteiger partial charge < -0.3 is 20.2 Å². The van der Waals surface area contributed by atoms with E-state index in [4.69, 9.17) is 0 Å². The van der Waals surface area contributed by atoms with E-state index in [1.54, 1.807) is 13.0 Å². The summed E-state index contributed by atoms with van der Waals surface area (Å²) in [5.41, 5.74) is 0.0472. The maximum atomic E-state index is 10.5. The van der Waals surface area contributed by atoms with Crippen LogP contribution in [0.5, 0.6) is 0 Å². The van der Waals surface area contributed by atoms with Gasteiger partial charge in [-0.3, -0.25) is 0 Å². The molecule has 3 N–H and O–H groups in total. The number of aliphatic hydroxyl groups is 3. The average molecular weight is 289 g/mol. The number of hydrogen-bond acceptors (Lipinski definition) is 4. The minimum Gasteiger partial charge on any atom is -0.506 e. The average Bonchev–Trinajstić information content (AvgIpc) is 3.22. The van der Waals surface area contributed by atoms with Crippen LogP contribution < -0.4 is 0 Å². The summed E-state index contributed by atoms with van der Waals surface area (Å²) in [7, 11) is 0. The largest absolute Gasteiger partial charge is 0.506 e. The van der Waals surface area contributed by atoms with Gasteiger partial charge in [0.1, 0.15) is 17.5 Å². The molecule has 3 aliphatic rings. The Morgan fingerprint density at radius 2 is 2.14 bits per heavy atom. The predicted molar refractivity (Wildman–Crippen MR) is 81.5 cm³/mol. The van der Waals surface area contributed by atoms with Crippen LogP contribution in [0.25, 0.3) is 0 Å². The quantitative estimate of drug-likeness (QED) is 0.696. The summed E-state index contributed by atoms with van der Waals surface area (Å²) in [6.07, 6.45) is 11.2. The Bertz CT molecular complexity index is 552. The molecule has 4 heteroatoms. The Kier molecular flexibility index (Phi) is 3.46. The lowest BCUT2D eigenvalue weighted by Gasteiger charge is -2.28. The molecule has 21 heavy (non-hydrogen) atoms. The predicted octanol–water partition coefficient (Wildman–Crippen LogP) is 2.03. The number of hydrogen-bond donors (Lipinski definition) is 3. The molecule has 0 aromatic carbocycles. The van der Waals surface area contributed by atoms with Gasteiger partial charge in [-0.25, -0.2) is 0 Å². The minimum absolute atomic E-state index is 0.0346. The highest BCUT2D eigenvalue weighted by Crippen LogP contribution is 2.41. The number of nitrogens with zero attached hydrogens (tertiary/aromatic N) is 1. The second-order valence-electron chi connectivity index (χ2n) is 6.48. The maximum absolute atomic E-state index is 10.5. The van der Waals surface area contributed by atoms with Gasteiger partial charge in [0.05, 0.1) is 11.7 Å². The molecule has 1 saturated heterocycles. The summed E-state index contributed by atoms with van der Waals surface area (Å²) in [6.45, 7) is 4.13. The van der Waals surface area contributed by atoms with E-state index in [1.807, 2.05) is 24.0 Å².